The number of aromatic nitrogens is 3. The molecule has 2 unspecified atom stereocenters. The first-order chi connectivity index (χ1) is 7.27. The quantitative estimate of drug-likeness (QED) is 0.776. The van der Waals surface area contributed by atoms with Crippen molar-refractivity contribution in [1.82, 2.24) is 14.8 Å². The second-order valence-electron chi connectivity index (χ2n) is 4.42. The first kappa shape index (κ1) is 9.60. The number of hydrogen-bond acceptors (Lipinski definition) is 3. The van der Waals surface area contributed by atoms with Gasteiger partial charge in [0.2, 0.25) is 5.28 Å². The van der Waals surface area contributed by atoms with Crippen molar-refractivity contribution in [2.75, 3.05) is 6.61 Å². The van der Waals surface area contributed by atoms with Gasteiger partial charge in [-0.1, -0.05) is 0 Å². The maximum atomic E-state index is 6.05. The van der Waals surface area contributed by atoms with Gasteiger partial charge in [0.25, 0.3) is 0 Å². The maximum Gasteiger partial charge on any atom is 0.225 e. The zero-order valence-corrected chi connectivity index (χ0v) is 9.44. The van der Waals surface area contributed by atoms with E-state index in [2.05, 4.69) is 10.2 Å². The lowest BCUT2D eigenvalue weighted by Gasteiger charge is -2.20. The molecular weight excluding hydrogens is 214 g/mol. The van der Waals surface area contributed by atoms with Gasteiger partial charge in [-0.2, -0.15) is 0 Å². The van der Waals surface area contributed by atoms with Crippen LogP contribution in [-0.2, 0) is 4.74 Å². The summed E-state index contributed by atoms with van der Waals surface area (Å²) >= 11 is 6.05. The summed E-state index contributed by atoms with van der Waals surface area (Å²) in [6.07, 6.45) is 3.94. The van der Waals surface area contributed by atoms with Gasteiger partial charge in [0.1, 0.15) is 5.82 Å². The fraction of sp³-hybridized carbons (Fsp3) is 0.800. The highest BCUT2D eigenvalue weighted by atomic mass is 35.5. The van der Waals surface area contributed by atoms with Gasteiger partial charge in [0, 0.05) is 6.61 Å². The van der Waals surface area contributed by atoms with Crippen LogP contribution < -0.4 is 0 Å². The normalized spacial score (nSPS) is 31.1. The molecule has 82 valence electrons. The molecule has 2 aliphatic rings. The average molecular weight is 228 g/mol. The third kappa shape index (κ3) is 1.56. The molecule has 0 aromatic carbocycles. The predicted molar refractivity (Wildman–Crippen MR) is 55.9 cm³/mol. The molecule has 2 heterocycles. The van der Waals surface area contributed by atoms with Gasteiger partial charge in [-0.25, -0.2) is 0 Å². The Balaban J connectivity index is 1.91. The molecule has 5 heteroatoms. The molecule has 0 spiro atoms. The number of nitrogens with zero attached hydrogens (tertiary/aromatic N) is 3. The smallest absolute Gasteiger partial charge is 0.225 e. The first-order valence-electron chi connectivity index (χ1n) is 5.46. The summed E-state index contributed by atoms with van der Waals surface area (Å²) in [6, 6.07) is 0.347. The van der Waals surface area contributed by atoms with Gasteiger partial charge in [0.05, 0.1) is 12.1 Å². The minimum absolute atomic E-state index is 0.331. The minimum Gasteiger partial charge on any atom is -0.376 e. The number of ether oxygens (including phenoxy) is 1. The highest BCUT2D eigenvalue weighted by Crippen LogP contribution is 2.44. The second-order valence-corrected chi connectivity index (χ2v) is 4.75. The molecule has 2 atom stereocenters. The van der Waals surface area contributed by atoms with E-state index >= 15 is 0 Å². The van der Waals surface area contributed by atoms with Crippen molar-refractivity contribution in [3.05, 3.63) is 11.1 Å². The van der Waals surface area contributed by atoms with E-state index in [4.69, 9.17) is 16.3 Å². The zero-order valence-electron chi connectivity index (χ0n) is 8.69. The van der Waals surface area contributed by atoms with E-state index < -0.39 is 0 Å². The van der Waals surface area contributed by atoms with Crippen LogP contribution in [0.25, 0.3) is 0 Å². The molecule has 1 aromatic heterocycles. The molecule has 0 amide bonds. The van der Waals surface area contributed by atoms with Crippen LogP contribution in [0.4, 0.5) is 0 Å². The maximum absolute atomic E-state index is 6.05. The number of hydrogen-bond donors (Lipinski definition) is 0. The van der Waals surface area contributed by atoms with E-state index in [9.17, 15) is 0 Å². The first-order valence-corrected chi connectivity index (χ1v) is 5.84. The van der Waals surface area contributed by atoms with Crippen molar-refractivity contribution in [1.29, 1.82) is 0 Å². The molecule has 0 radical (unpaired) electrons. The van der Waals surface area contributed by atoms with Gasteiger partial charge in [-0.05, 0) is 43.7 Å². The lowest BCUT2D eigenvalue weighted by molar-refractivity contribution is 0.0747. The SMILES string of the molecule is Cc1nnc(Cl)n1C1CCOC1C1CC1. The Hall–Kier alpha value is -0.610. The molecule has 2 fully saturated rings. The molecule has 1 aromatic rings. The Bertz CT molecular complexity index is 355. The van der Waals surface area contributed by atoms with Gasteiger partial charge in [-0.3, -0.25) is 4.57 Å². The molecule has 1 saturated heterocycles. The number of aryl methyl sites for hydroxylation is 1. The van der Waals surface area contributed by atoms with Gasteiger partial charge in [0.15, 0.2) is 0 Å². The van der Waals surface area contributed by atoms with Gasteiger partial charge < -0.3 is 4.74 Å². The Morgan fingerprint density at radius 1 is 1.33 bits per heavy atom. The Morgan fingerprint density at radius 3 is 2.73 bits per heavy atom. The van der Waals surface area contributed by atoms with Crippen LogP contribution in [0.5, 0.6) is 0 Å². The summed E-state index contributed by atoms with van der Waals surface area (Å²) in [5.74, 6) is 1.62. The van der Waals surface area contributed by atoms with Crippen LogP contribution in [0, 0.1) is 12.8 Å². The van der Waals surface area contributed by atoms with E-state index in [0.717, 1.165) is 24.8 Å². The summed E-state index contributed by atoms with van der Waals surface area (Å²) in [6.45, 7) is 2.78. The van der Waals surface area contributed by atoms with Crippen LogP contribution in [0.3, 0.4) is 0 Å². The highest BCUT2D eigenvalue weighted by molar-refractivity contribution is 6.28. The lowest BCUT2D eigenvalue weighted by Crippen LogP contribution is -2.23. The molecule has 0 bridgehead atoms. The van der Waals surface area contributed by atoms with Crippen molar-refractivity contribution in [2.45, 2.75) is 38.3 Å². The van der Waals surface area contributed by atoms with Gasteiger partial charge >= 0.3 is 0 Å². The zero-order chi connectivity index (χ0) is 10.4. The van der Waals surface area contributed by atoms with Crippen LogP contribution in [-0.4, -0.2) is 27.5 Å². The van der Waals surface area contributed by atoms with Gasteiger partial charge in [-0.15, -0.1) is 10.2 Å². The fourth-order valence-corrected chi connectivity index (χ4v) is 2.76. The standard InChI is InChI=1S/C10H14ClN3O/c1-6-12-13-10(11)14(6)8-4-5-15-9(8)7-2-3-7/h7-9H,2-5H2,1H3. The summed E-state index contributed by atoms with van der Waals surface area (Å²) in [4.78, 5) is 0. The van der Waals surface area contributed by atoms with Crippen molar-refractivity contribution in [2.24, 2.45) is 5.92 Å². The van der Waals surface area contributed by atoms with Crippen LogP contribution in [0.15, 0.2) is 0 Å². The van der Waals surface area contributed by atoms with Crippen molar-refractivity contribution in [3.8, 4) is 0 Å². The molecular formula is C10H14ClN3O. The van der Waals surface area contributed by atoms with E-state index in [-0.39, 0.29) is 0 Å². The largest absolute Gasteiger partial charge is 0.376 e. The highest BCUT2D eigenvalue weighted by Gasteiger charge is 2.42. The van der Waals surface area contributed by atoms with Crippen LogP contribution in [0.1, 0.15) is 31.1 Å². The van der Waals surface area contributed by atoms with Crippen molar-refractivity contribution < 1.29 is 4.74 Å². The third-order valence-electron chi connectivity index (χ3n) is 3.35. The third-order valence-corrected chi connectivity index (χ3v) is 3.60. The Kier molecular flexibility index (Phi) is 2.21. The molecule has 1 aliphatic carbocycles. The van der Waals surface area contributed by atoms with Crippen molar-refractivity contribution >= 4 is 11.6 Å². The van der Waals surface area contributed by atoms with Crippen LogP contribution >= 0.6 is 11.6 Å². The molecule has 3 rings (SSSR count). The van der Waals surface area contributed by atoms with Crippen LogP contribution in [0.2, 0.25) is 5.28 Å². The topological polar surface area (TPSA) is 39.9 Å². The molecule has 1 saturated carbocycles. The Morgan fingerprint density at radius 2 is 2.13 bits per heavy atom. The molecule has 0 N–H and O–H groups in total. The minimum atomic E-state index is 0.331. The van der Waals surface area contributed by atoms with E-state index in [1.165, 1.54) is 12.8 Å². The monoisotopic (exact) mass is 227 g/mol. The summed E-state index contributed by atoms with van der Waals surface area (Å²) in [5.41, 5.74) is 0. The fourth-order valence-electron chi connectivity index (χ4n) is 2.47. The lowest BCUT2D eigenvalue weighted by atomic mass is 10.1. The van der Waals surface area contributed by atoms with E-state index in [1.807, 2.05) is 11.5 Å². The molecule has 15 heavy (non-hydrogen) atoms. The van der Waals surface area contributed by atoms with Crippen molar-refractivity contribution in [3.63, 3.8) is 0 Å². The summed E-state index contributed by atoms with van der Waals surface area (Å²) < 4.78 is 7.81. The summed E-state index contributed by atoms with van der Waals surface area (Å²) in [7, 11) is 0. The second kappa shape index (κ2) is 3.46. The molecule has 1 aliphatic heterocycles. The Labute approximate surface area is 93.6 Å². The van der Waals surface area contributed by atoms with E-state index in [0.29, 0.717) is 17.4 Å². The predicted octanol–water partition coefficient (Wildman–Crippen LogP) is 1.98. The van der Waals surface area contributed by atoms with E-state index in [1.54, 1.807) is 0 Å². The summed E-state index contributed by atoms with van der Waals surface area (Å²) in [5, 5.41) is 8.39. The molecule has 4 nitrogen and oxygen atoms in total. The average Bonchev–Trinajstić information content (AvgIpc) is 2.87. The number of rotatable bonds is 2. The number of halogens is 1.